The van der Waals surface area contributed by atoms with Crippen molar-refractivity contribution < 1.29 is 19.1 Å². The van der Waals surface area contributed by atoms with E-state index in [2.05, 4.69) is 10.1 Å². The maximum absolute atomic E-state index is 12.7. The molecule has 3 N–H and O–H groups in total. The molecule has 0 bridgehead atoms. The van der Waals surface area contributed by atoms with E-state index in [4.69, 9.17) is 17.3 Å². The number of hydrogen-bond donors (Lipinski definition) is 2. The van der Waals surface area contributed by atoms with Gasteiger partial charge in [-0.3, -0.25) is 14.4 Å². The lowest BCUT2D eigenvalue weighted by Gasteiger charge is -2.14. The number of amides is 1. The second-order valence-electron chi connectivity index (χ2n) is 5.60. The van der Waals surface area contributed by atoms with Gasteiger partial charge < -0.3 is 15.8 Å². The van der Waals surface area contributed by atoms with Gasteiger partial charge in [0.25, 0.3) is 0 Å². The molecule has 0 heterocycles. The van der Waals surface area contributed by atoms with E-state index < -0.39 is 17.9 Å². The molecule has 0 saturated heterocycles. The minimum absolute atomic E-state index is 0.0293. The van der Waals surface area contributed by atoms with Crippen molar-refractivity contribution in [3.8, 4) is 0 Å². The van der Waals surface area contributed by atoms with Crippen molar-refractivity contribution in [1.82, 2.24) is 0 Å². The molecule has 0 fully saturated rings. The highest BCUT2D eigenvalue weighted by atomic mass is 35.5. The predicted molar refractivity (Wildman–Crippen MR) is 99.2 cm³/mol. The van der Waals surface area contributed by atoms with Crippen LogP contribution >= 0.6 is 11.6 Å². The topological polar surface area (TPSA) is 98.5 Å². The number of carbonyl (C=O) groups excluding carboxylic acids is 3. The number of methoxy groups -OCH3 is 1. The van der Waals surface area contributed by atoms with E-state index in [0.717, 1.165) is 0 Å². The first kappa shape index (κ1) is 19.6. The van der Waals surface area contributed by atoms with Gasteiger partial charge in [-0.2, -0.15) is 0 Å². The van der Waals surface area contributed by atoms with Crippen LogP contribution in [0.3, 0.4) is 0 Å². The van der Waals surface area contributed by atoms with Gasteiger partial charge in [-0.05, 0) is 24.6 Å². The van der Waals surface area contributed by atoms with Crippen LogP contribution in [0.25, 0.3) is 0 Å². The van der Waals surface area contributed by atoms with Gasteiger partial charge in [0.15, 0.2) is 5.78 Å². The molecule has 136 valence electrons. The standard InChI is InChI=1S/C19H19ClN2O4/c1-26-17(23)10-8-15(21)19(25)22-16-9-7-13(20)11-14(16)18(24)12-5-3-2-4-6-12/h2-7,9,11,15H,8,10,21H2,1H3,(H,22,25)/t15-/m0/s1. The van der Waals surface area contributed by atoms with E-state index >= 15 is 0 Å². The van der Waals surface area contributed by atoms with Gasteiger partial charge in [-0.1, -0.05) is 41.9 Å². The van der Waals surface area contributed by atoms with Crippen molar-refractivity contribution in [2.24, 2.45) is 5.73 Å². The third-order valence-corrected chi connectivity index (χ3v) is 3.98. The largest absolute Gasteiger partial charge is 0.469 e. The average Bonchev–Trinajstić information content (AvgIpc) is 2.67. The summed E-state index contributed by atoms with van der Waals surface area (Å²) in [7, 11) is 1.27. The number of esters is 1. The highest BCUT2D eigenvalue weighted by Gasteiger charge is 2.20. The van der Waals surface area contributed by atoms with Crippen molar-refractivity contribution >= 4 is 34.9 Å². The summed E-state index contributed by atoms with van der Waals surface area (Å²) in [4.78, 5) is 36.2. The van der Waals surface area contributed by atoms with E-state index in [1.807, 2.05) is 0 Å². The molecular formula is C19H19ClN2O4. The van der Waals surface area contributed by atoms with Crippen LogP contribution in [0.2, 0.25) is 5.02 Å². The molecule has 1 amide bonds. The Morgan fingerprint density at radius 1 is 1.15 bits per heavy atom. The van der Waals surface area contributed by atoms with Gasteiger partial charge in [0.1, 0.15) is 0 Å². The molecule has 0 spiro atoms. The number of benzene rings is 2. The zero-order valence-electron chi connectivity index (χ0n) is 14.2. The number of rotatable bonds is 7. The van der Waals surface area contributed by atoms with Crippen molar-refractivity contribution in [1.29, 1.82) is 0 Å². The van der Waals surface area contributed by atoms with Crippen molar-refractivity contribution in [3.05, 3.63) is 64.7 Å². The van der Waals surface area contributed by atoms with Crippen LogP contribution in [-0.4, -0.2) is 30.8 Å². The number of halogens is 1. The van der Waals surface area contributed by atoms with Crippen molar-refractivity contribution in [2.45, 2.75) is 18.9 Å². The number of nitrogens with two attached hydrogens (primary N) is 1. The molecule has 0 aliphatic heterocycles. The van der Waals surface area contributed by atoms with Crippen LogP contribution in [-0.2, 0) is 14.3 Å². The first-order valence-corrected chi connectivity index (χ1v) is 8.32. The maximum atomic E-state index is 12.7. The lowest BCUT2D eigenvalue weighted by atomic mass is 10.0. The lowest BCUT2D eigenvalue weighted by Crippen LogP contribution is -2.36. The second-order valence-corrected chi connectivity index (χ2v) is 6.03. The van der Waals surface area contributed by atoms with Crippen LogP contribution in [0.5, 0.6) is 0 Å². The van der Waals surface area contributed by atoms with Crippen LogP contribution < -0.4 is 11.1 Å². The molecule has 1 atom stereocenters. The fraction of sp³-hybridized carbons (Fsp3) is 0.211. The first-order chi connectivity index (χ1) is 12.4. The highest BCUT2D eigenvalue weighted by molar-refractivity contribution is 6.31. The summed E-state index contributed by atoms with van der Waals surface area (Å²) >= 11 is 6.01. The SMILES string of the molecule is COC(=O)CC[C@H](N)C(=O)Nc1ccc(Cl)cc1C(=O)c1ccccc1. The van der Waals surface area contributed by atoms with Gasteiger partial charge in [0.05, 0.1) is 18.8 Å². The van der Waals surface area contributed by atoms with Crippen LogP contribution in [0.1, 0.15) is 28.8 Å². The van der Waals surface area contributed by atoms with Gasteiger partial charge in [0, 0.05) is 22.6 Å². The zero-order valence-corrected chi connectivity index (χ0v) is 15.0. The van der Waals surface area contributed by atoms with Gasteiger partial charge in [0.2, 0.25) is 5.91 Å². The molecule has 0 aromatic heterocycles. The molecule has 0 aliphatic rings. The summed E-state index contributed by atoms with van der Waals surface area (Å²) in [5.41, 5.74) is 6.85. The Morgan fingerprint density at radius 2 is 1.85 bits per heavy atom. The third kappa shape index (κ3) is 5.15. The molecule has 26 heavy (non-hydrogen) atoms. The minimum Gasteiger partial charge on any atom is -0.469 e. The average molecular weight is 375 g/mol. The minimum atomic E-state index is -0.913. The summed E-state index contributed by atoms with van der Waals surface area (Å²) < 4.78 is 4.53. The summed E-state index contributed by atoms with van der Waals surface area (Å²) in [6.45, 7) is 0. The Morgan fingerprint density at radius 3 is 2.50 bits per heavy atom. The summed E-state index contributed by atoms with van der Waals surface area (Å²) in [6.07, 6.45) is 0.162. The molecule has 0 saturated carbocycles. The van der Waals surface area contributed by atoms with Crippen LogP contribution in [0.4, 0.5) is 5.69 Å². The Kier molecular flexibility index (Phi) is 6.89. The van der Waals surface area contributed by atoms with Gasteiger partial charge >= 0.3 is 5.97 Å². The number of ether oxygens (including phenoxy) is 1. The zero-order chi connectivity index (χ0) is 19.1. The number of nitrogens with one attached hydrogen (secondary N) is 1. The second kappa shape index (κ2) is 9.12. The number of ketones is 1. The van der Waals surface area contributed by atoms with E-state index in [1.54, 1.807) is 42.5 Å². The van der Waals surface area contributed by atoms with Gasteiger partial charge in [-0.25, -0.2) is 0 Å². The number of hydrogen-bond acceptors (Lipinski definition) is 5. The molecule has 6 nitrogen and oxygen atoms in total. The number of anilines is 1. The van der Waals surface area contributed by atoms with E-state index in [-0.39, 0.29) is 24.2 Å². The molecular weight excluding hydrogens is 356 g/mol. The molecule has 0 unspecified atom stereocenters. The normalized spacial score (nSPS) is 11.5. The van der Waals surface area contributed by atoms with E-state index in [0.29, 0.717) is 16.3 Å². The quantitative estimate of drug-likeness (QED) is 0.573. The fourth-order valence-corrected chi connectivity index (χ4v) is 2.46. The molecule has 0 radical (unpaired) electrons. The van der Waals surface area contributed by atoms with Crippen molar-refractivity contribution in [3.63, 3.8) is 0 Å². The highest BCUT2D eigenvalue weighted by Crippen LogP contribution is 2.24. The summed E-state index contributed by atoms with van der Waals surface area (Å²) in [5.74, 6) is -1.22. The Balaban J connectivity index is 2.18. The van der Waals surface area contributed by atoms with Crippen molar-refractivity contribution in [2.75, 3.05) is 12.4 Å². The predicted octanol–water partition coefficient (Wildman–Crippen LogP) is 2.79. The summed E-state index contributed by atoms with van der Waals surface area (Å²) in [6, 6.07) is 12.3. The first-order valence-electron chi connectivity index (χ1n) is 7.95. The molecule has 2 aromatic carbocycles. The molecule has 0 aliphatic carbocycles. The Hall–Kier alpha value is -2.70. The van der Waals surface area contributed by atoms with E-state index in [1.165, 1.54) is 13.2 Å². The van der Waals surface area contributed by atoms with Crippen LogP contribution in [0, 0.1) is 0 Å². The Bertz CT molecular complexity index is 808. The Labute approximate surface area is 156 Å². The smallest absolute Gasteiger partial charge is 0.305 e. The summed E-state index contributed by atoms with van der Waals surface area (Å²) in [5, 5.41) is 3.01. The molecule has 2 rings (SSSR count). The third-order valence-electron chi connectivity index (χ3n) is 3.74. The van der Waals surface area contributed by atoms with Gasteiger partial charge in [-0.15, -0.1) is 0 Å². The van der Waals surface area contributed by atoms with Crippen LogP contribution in [0.15, 0.2) is 48.5 Å². The lowest BCUT2D eigenvalue weighted by molar-refractivity contribution is -0.140. The number of carbonyl (C=O) groups is 3. The monoisotopic (exact) mass is 374 g/mol. The molecule has 7 heteroatoms. The molecule has 2 aromatic rings. The van der Waals surface area contributed by atoms with E-state index in [9.17, 15) is 14.4 Å². The fourth-order valence-electron chi connectivity index (χ4n) is 2.29. The maximum Gasteiger partial charge on any atom is 0.305 e.